The quantitative estimate of drug-likeness (QED) is 0.729. The third-order valence-corrected chi connectivity index (χ3v) is 3.29. The number of rotatable bonds is 3. The number of nitrogens with zero attached hydrogens (tertiary/aromatic N) is 5. The van der Waals surface area contributed by atoms with Crippen LogP contribution in [-0.2, 0) is 13.0 Å². The zero-order valence-electron chi connectivity index (χ0n) is 11.9. The standard InChI is InChI=1S/C15H16N5/c1-4-13-19-14-10(2)8-11(3)18-15(14)20(13)9-12-16-6-5-7-17-12/h6-8H,4,9H2,1-3H3. The fraction of sp³-hybridized carbons (Fsp3) is 0.333. The van der Waals surface area contributed by atoms with Crippen LogP contribution in [0.2, 0.25) is 0 Å². The minimum absolute atomic E-state index is 0.588. The molecule has 0 aromatic carbocycles. The first-order valence-electron chi connectivity index (χ1n) is 6.69. The Morgan fingerprint density at radius 2 is 1.90 bits per heavy atom. The molecule has 0 unspecified atom stereocenters. The van der Waals surface area contributed by atoms with Crippen LogP contribution in [0.3, 0.4) is 0 Å². The molecule has 5 heteroatoms. The second-order valence-electron chi connectivity index (χ2n) is 4.82. The van der Waals surface area contributed by atoms with E-state index in [1.807, 2.05) is 6.92 Å². The van der Waals surface area contributed by atoms with Crippen LogP contribution in [0, 0.1) is 19.9 Å². The maximum atomic E-state index is 4.71. The van der Waals surface area contributed by atoms with Crippen LogP contribution < -0.4 is 0 Å². The van der Waals surface area contributed by atoms with Gasteiger partial charge in [-0.25, -0.2) is 19.9 Å². The average molecular weight is 266 g/mol. The van der Waals surface area contributed by atoms with E-state index in [1.54, 1.807) is 12.4 Å². The molecule has 0 aliphatic carbocycles. The fourth-order valence-corrected chi connectivity index (χ4v) is 2.40. The maximum Gasteiger partial charge on any atom is 0.160 e. The molecule has 3 aromatic rings. The number of hydrogen-bond donors (Lipinski definition) is 0. The summed E-state index contributed by atoms with van der Waals surface area (Å²) in [6.07, 6.45) is 4.13. The first-order valence-corrected chi connectivity index (χ1v) is 6.69. The predicted molar refractivity (Wildman–Crippen MR) is 76.4 cm³/mol. The minimum Gasteiger partial charge on any atom is -0.305 e. The number of imidazole rings is 1. The van der Waals surface area contributed by atoms with Gasteiger partial charge in [0, 0.05) is 30.6 Å². The fourth-order valence-electron chi connectivity index (χ4n) is 2.40. The molecule has 5 nitrogen and oxygen atoms in total. The van der Waals surface area contributed by atoms with Crippen molar-refractivity contribution in [2.45, 2.75) is 33.7 Å². The highest BCUT2D eigenvalue weighted by molar-refractivity contribution is 5.76. The van der Waals surface area contributed by atoms with E-state index >= 15 is 0 Å². The topological polar surface area (TPSA) is 56.5 Å². The summed E-state index contributed by atoms with van der Waals surface area (Å²) < 4.78 is 2.10. The summed E-state index contributed by atoms with van der Waals surface area (Å²) in [4.78, 5) is 17.8. The van der Waals surface area contributed by atoms with Crippen molar-refractivity contribution >= 4 is 11.2 Å². The molecule has 0 saturated heterocycles. The van der Waals surface area contributed by atoms with Gasteiger partial charge in [-0.2, -0.15) is 0 Å². The van der Waals surface area contributed by atoms with Gasteiger partial charge in [-0.15, -0.1) is 0 Å². The van der Waals surface area contributed by atoms with Crippen LogP contribution in [-0.4, -0.2) is 24.5 Å². The second kappa shape index (κ2) is 5.00. The highest BCUT2D eigenvalue weighted by Gasteiger charge is 2.14. The van der Waals surface area contributed by atoms with Gasteiger partial charge in [-0.1, -0.05) is 6.92 Å². The smallest absolute Gasteiger partial charge is 0.160 e. The lowest BCUT2D eigenvalue weighted by Gasteiger charge is -2.06. The largest absolute Gasteiger partial charge is 0.305 e. The van der Waals surface area contributed by atoms with E-state index in [0.717, 1.165) is 40.5 Å². The van der Waals surface area contributed by atoms with Crippen LogP contribution in [0.15, 0.2) is 18.5 Å². The van der Waals surface area contributed by atoms with Crippen LogP contribution in [0.25, 0.3) is 11.2 Å². The van der Waals surface area contributed by atoms with E-state index in [9.17, 15) is 0 Å². The van der Waals surface area contributed by atoms with E-state index in [0.29, 0.717) is 6.54 Å². The van der Waals surface area contributed by atoms with Gasteiger partial charge in [0.1, 0.15) is 17.2 Å². The van der Waals surface area contributed by atoms with Gasteiger partial charge in [0.05, 0.1) is 6.54 Å². The number of aryl methyl sites for hydroxylation is 3. The summed E-state index contributed by atoms with van der Waals surface area (Å²) in [6.45, 7) is 6.76. The third-order valence-electron chi connectivity index (χ3n) is 3.29. The summed E-state index contributed by atoms with van der Waals surface area (Å²) in [6, 6.07) is 4.90. The third kappa shape index (κ3) is 2.15. The molecule has 0 bridgehead atoms. The lowest BCUT2D eigenvalue weighted by atomic mass is 10.2. The first kappa shape index (κ1) is 12.7. The van der Waals surface area contributed by atoms with Crippen molar-refractivity contribution in [2.75, 3.05) is 0 Å². The van der Waals surface area contributed by atoms with Crippen LogP contribution in [0.5, 0.6) is 0 Å². The van der Waals surface area contributed by atoms with Crippen molar-refractivity contribution in [1.82, 2.24) is 24.5 Å². The van der Waals surface area contributed by atoms with Crippen molar-refractivity contribution in [1.29, 1.82) is 0 Å². The average Bonchev–Trinajstić information content (AvgIpc) is 2.78. The predicted octanol–water partition coefficient (Wildman–Crippen LogP) is 2.25. The molecular formula is C15H16N5. The van der Waals surface area contributed by atoms with Gasteiger partial charge in [0.2, 0.25) is 0 Å². The Balaban J connectivity index is 2.17. The molecule has 0 N–H and O–H groups in total. The van der Waals surface area contributed by atoms with Crippen molar-refractivity contribution in [3.05, 3.63) is 47.4 Å². The van der Waals surface area contributed by atoms with Gasteiger partial charge in [0.25, 0.3) is 0 Å². The van der Waals surface area contributed by atoms with Gasteiger partial charge in [0.15, 0.2) is 5.65 Å². The van der Waals surface area contributed by atoms with E-state index < -0.39 is 0 Å². The summed E-state index contributed by atoms with van der Waals surface area (Å²) in [5.41, 5.74) is 4.04. The Kier molecular flexibility index (Phi) is 3.18. The Hall–Kier alpha value is -2.30. The van der Waals surface area contributed by atoms with Crippen molar-refractivity contribution in [2.24, 2.45) is 0 Å². The normalized spacial score (nSPS) is 11.2. The molecule has 3 heterocycles. The van der Waals surface area contributed by atoms with E-state index in [1.165, 1.54) is 0 Å². The molecular weight excluding hydrogens is 250 g/mol. The molecule has 1 radical (unpaired) electrons. The highest BCUT2D eigenvalue weighted by Crippen LogP contribution is 2.20. The highest BCUT2D eigenvalue weighted by atomic mass is 15.1. The monoisotopic (exact) mass is 266 g/mol. The van der Waals surface area contributed by atoms with Crippen molar-refractivity contribution in [3.63, 3.8) is 0 Å². The SMILES string of the molecule is CCc1nc2c(C)cc(C)nc2n1Cc1nc[c]cn1. The van der Waals surface area contributed by atoms with Gasteiger partial charge >= 0.3 is 0 Å². The summed E-state index contributed by atoms with van der Waals surface area (Å²) in [5, 5.41) is 0. The first-order chi connectivity index (χ1) is 9.69. The zero-order chi connectivity index (χ0) is 14.1. The molecule has 0 spiro atoms. The van der Waals surface area contributed by atoms with E-state index in [4.69, 9.17) is 4.98 Å². The number of hydrogen-bond acceptors (Lipinski definition) is 4. The molecule has 0 amide bonds. The lowest BCUT2D eigenvalue weighted by molar-refractivity contribution is 0.708. The number of fused-ring (bicyclic) bond motifs is 1. The molecule has 101 valence electrons. The molecule has 3 aromatic heterocycles. The molecule has 0 aliphatic rings. The molecule has 20 heavy (non-hydrogen) atoms. The second-order valence-corrected chi connectivity index (χ2v) is 4.82. The van der Waals surface area contributed by atoms with Gasteiger partial charge in [-0.05, 0) is 25.5 Å². The Morgan fingerprint density at radius 1 is 1.15 bits per heavy atom. The van der Waals surface area contributed by atoms with Crippen LogP contribution in [0.1, 0.15) is 29.8 Å². The van der Waals surface area contributed by atoms with Crippen LogP contribution >= 0.6 is 0 Å². The number of pyridine rings is 1. The van der Waals surface area contributed by atoms with Gasteiger partial charge in [-0.3, -0.25) is 0 Å². The molecule has 0 atom stereocenters. The summed E-state index contributed by atoms with van der Waals surface area (Å²) in [7, 11) is 0. The Labute approximate surface area is 117 Å². The minimum atomic E-state index is 0.588. The number of aromatic nitrogens is 5. The maximum absolute atomic E-state index is 4.71. The Morgan fingerprint density at radius 3 is 2.60 bits per heavy atom. The van der Waals surface area contributed by atoms with Crippen molar-refractivity contribution < 1.29 is 0 Å². The van der Waals surface area contributed by atoms with E-state index in [-0.39, 0.29) is 0 Å². The molecule has 0 aliphatic heterocycles. The lowest BCUT2D eigenvalue weighted by Crippen LogP contribution is -2.08. The Bertz CT molecular complexity index is 746. The molecule has 0 saturated carbocycles. The summed E-state index contributed by atoms with van der Waals surface area (Å²) >= 11 is 0. The van der Waals surface area contributed by atoms with Crippen LogP contribution in [0.4, 0.5) is 0 Å². The molecule has 0 fully saturated rings. The van der Waals surface area contributed by atoms with Gasteiger partial charge < -0.3 is 4.57 Å². The van der Waals surface area contributed by atoms with E-state index in [2.05, 4.69) is 45.5 Å². The summed E-state index contributed by atoms with van der Waals surface area (Å²) in [5.74, 6) is 1.76. The molecule has 3 rings (SSSR count). The zero-order valence-corrected chi connectivity index (χ0v) is 11.9. The van der Waals surface area contributed by atoms with Crippen molar-refractivity contribution in [3.8, 4) is 0 Å².